The summed E-state index contributed by atoms with van der Waals surface area (Å²) in [7, 11) is -0.687. The van der Waals surface area contributed by atoms with Crippen LogP contribution in [-0.2, 0) is 9.39 Å². The van der Waals surface area contributed by atoms with Crippen LogP contribution in [0, 0.1) is 17.2 Å². The van der Waals surface area contributed by atoms with E-state index < -0.39 is 7.12 Å². The molecule has 3 unspecified atom stereocenters. The van der Waals surface area contributed by atoms with Crippen LogP contribution in [0.25, 0.3) is 0 Å². The van der Waals surface area contributed by atoms with E-state index in [2.05, 4.69) is 11.1 Å². The summed E-state index contributed by atoms with van der Waals surface area (Å²) in [5, 5.41) is 18.4. The molecule has 3 rings (SSSR count). The highest BCUT2D eigenvalue weighted by Crippen LogP contribution is 2.37. The highest BCUT2D eigenvalue weighted by Gasteiger charge is 2.37. The SMILES string of the molecule is N#CC1C=NC(OC2=CCC3B(O)OCC3=C2)CC1. The van der Waals surface area contributed by atoms with E-state index >= 15 is 0 Å². The van der Waals surface area contributed by atoms with E-state index in [1.165, 1.54) is 0 Å². The summed E-state index contributed by atoms with van der Waals surface area (Å²) in [6.45, 7) is 0.469. The molecule has 1 fully saturated rings. The van der Waals surface area contributed by atoms with Crippen LogP contribution in [0.2, 0.25) is 5.82 Å². The number of rotatable bonds is 2. The summed E-state index contributed by atoms with van der Waals surface area (Å²) in [6.07, 6.45) is 7.68. The molecule has 1 N–H and O–H groups in total. The summed E-state index contributed by atoms with van der Waals surface area (Å²) < 4.78 is 11.0. The summed E-state index contributed by atoms with van der Waals surface area (Å²) >= 11 is 0. The van der Waals surface area contributed by atoms with Crippen molar-refractivity contribution >= 4 is 13.3 Å². The highest BCUT2D eigenvalue weighted by atomic mass is 16.5. The van der Waals surface area contributed by atoms with Gasteiger partial charge < -0.3 is 14.4 Å². The molecule has 0 aromatic heterocycles. The third kappa shape index (κ3) is 2.58. The maximum Gasteiger partial charge on any atom is 0.462 e. The first-order chi connectivity index (χ1) is 9.26. The van der Waals surface area contributed by atoms with Crippen LogP contribution in [0.3, 0.4) is 0 Å². The molecule has 0 aromatic carbocycles. The molecule has 2 heterocycles. The minimum atomic E-state index is -0.687. The Labute approximate surface area is 112 Å². The number of allylic oxidation sites excluding steroid dienone is 2. The maximum atomic E-state index is 9.60. The molecule has 5 nitrogen and oxygen atoms in total. The number of fused-ring (bicyclic) bond motifs is 1. The molecular formula is C13H15BN2O3. The lowest BCUT2D eigenvalue weighted by Gasteiger charge is -2.23. The molecule has 19 heavy (non-hydrogen) atoms. The van der Waals surface area contributed by atoms with Crippen molar-refractivity contribution in [3.63, 3.8) is 0 Å². The van der Waals surface area contributed by atoms with E-state index in [4.69, 9.17) is 14.7 Å². The van der Waals surface area contributed by atoms with Crippen LogP contribution in [0.4, 0.5) is 0 Å². The van der Waals surface area contributed by atoms with Crippen molar-refractivity contribution in [3.05, 3.63) is 23.5 Å². The van der Waals surface area contributed by atoms with Crippen LogP contribution in [-0.4, -0.2) is 31.2 Å². The van der Waals surface area contributed by atoms with Gasteiger partial charge in [0.1, 0.15) is 5.76 Å². The fraction of sp³-hybridized carbons (Fsp3) is 0.538. The summed E-state index contributed by atoms with van der Waals surface area (Å²) in [4.78, 5) is 4.26. The summed E-state index contributed by atoms with van der Waals surface area (Å²) in [6, 6.07) is 2.19. The first kappa shape index (κ1) is 12.5. The number of nitriles is 1. The van der Waals surface area contributed by atoms with Gasteiger partial charge in [0.2, 0.25) is 0 Å². The van der Waals surface area contributed by atoms with Crippen molar-refractivity contribution in [3.8, 4) is 6.07 Å². The molecule has 98 valence electrons. The fourth-order valence-electron chi connectivity index (χ4n) is 2.59. The predicted octanol–water partition coefficient (Wildman–Crippen LogP) is 1.43. The normalized spacial score (nSPS) is 33.3. The average Bonchev–Trinajstić information content (AvgIpc) is 2.81. The molecule has 1 saturated heterocycles. The fourth-order valence-corrected chi connectivity index (χ4v) is 2.59. The Hall–Kier alpha value is -1.58. The van der Waals surface area contributed by atoms with Crippen molar-refractivity contribution in [1.82, 2.24) is 0 Å². The van der Waals surface area contributed by atoms with Crippen LogP contribution in [0.1, 0.15) is 19.3 Å². The smallest absolute Gasteiger partial charge is 0.462 e. The van der Waals surface area contributed by atoms with Crippen LogP contribution in [0.5, 0.6) is 0 Å². The number of hydrogen-bond donors (Lipinski definition) is 1. The van der Waals surface area contributed by atoms with Crippen molar-refractivity contribution in [2.24, 2.45) is 10.9 Å². The Morgan fingerprint density at radius 3 is 3.16 bits per heavy atom. The Kier molecular flexibility index (Phi) is 3.41. The van der Waals surface area contributed by atoms with E-state index in [0.29, 0.717) is 6.61 Å². The second-order valence-corrected chi connectivity index (χ2v) is 5.05. The molecule has 0 aromatic rings. The second kappa shape index (κ2) is 5.20. The maximum absolute atomic E-state index is 9.60. The van der Waals surface area contributed by atoms with Gasteiger partial charge in [-0.3, -0.25) is 4.99 Å². The van der Waals surface area contributed by atoms with Gasteiger partial charge in [-0.2, -0.15) is 5.26 Å². The lowest BCUT2D eigenvalue weighted by molar-refractivity contribution is 0.115. The monoisotopic (exact) mass is 258 g/mol. The largest absolute Gasteiger partial charge is 0.469 e. The second-order valence-electron chi connectivity index (χ2n) is 5.05. The van der Waals surface area contributed by atoms with Gasteiger partial charge in [0.15, 0.2) is 6.23 Å². The zero-order chi connectivity index (χ0) is 13.2. The van der Waals surface area contributed by atoms with Crippen LogP contribution < -0.4 is 0 Å². The van der Waals surface area contributed by atoms with Gasteiger partial charge in [0.25, 0.3) is 0 Å². The van der Waals surface area contributed by atoms with Gasteiger partial charge in [0.05, 0.1) is 18.6 Å². The number of ether oxygens (including phenoxy) is 1. The van der Waals surface area contributed by atoms with E-state index in [1.54, 1.807) is 6.21 Å². The molecule has 3 atom stereocenters. The van der Waals surface area contributed by atoms with E-state index in [1.807, 2.05) is 12.2 Å². The molecule has 2 aliphatic heterocycles. The minimum absolute atomic E-state index is 0.0742. The van der Waals surface area contributed by atoms with Gasteiger partial charge in [-0.05, 0) is 30.6 Å². The van der Waals surface area contributed by atoms with Gasteiger partial charge in [-0.15, -0.1) is 0 Å². The standard InChI is InChI=1S/C13H15BN2O3/c15-6-9-1-4-13(16-7-9)19-11-2-3-12-10(5-11)8-18-14(12)17/h2,5,7,9,12-13,17H,1,3-4,8H2. The third-order valence-corrected chi connectivity index (χ3v) is 3.74. The van der Waals surface area contributed by atoms with E-state index in [-0.39, 0.29) is 18.0 Å². The number of nitrogens with zero attached hydrogens (tertiary/aromatic N) is 2. The van der Waals surface area contributed by atoms with Gasteiger partial charge in [-0.25, -0.2) is 0 Å². The van der Waals surface area contributed by atoms with Crippen molar-refractivity contribution in [1.29, 1.82) is 5.26 Å². The molecule has 0 spiro atoms. The zero-order valence-corrected chi connectivity index (χ0v) is 10.5. The van der Waals surface area contributed by atoms with Crippen molar-refractivity contribution < 1.29 is 14.4 Å². The molecule has 0 amide bonds. The lowest BCUT2D eigenvalue weighted by atomic mass is 9.68. The minimum Gasteiger partial charge on any atom is -0.469 e. The molecule has 3 aliphatic rings. The molecule has 0 bridgehead atoms. The third-order valence-electron chi connectivity index (χ3n) is 3.74. The molecule has 0 radical (unpaired) electrons. The van der Waals surface area contributed by atoms with Crippen molar-refractivity contribution in [2.75, 3.05) is 6.61 Å². The van der Waals surface area contributed by atoms with Crippen LogP contribution >= 0.6 is 0 Å². The Morgan fingerprint density at radius 1 is 1.53 bits per heavy atom. The Morgan fingerprint density at radius 2 is 2.42 bits per heavy atom. The summed E-state index contributed by atoms with van der Waals surface area (Å²) in [5.74, 6) is 0.785. The van der Waals surface area contributed by atoms with Gasteiger partial charge in [0, 0.05) is 18.5 Å². The Balaban J connectivity index is 1.62. The van der Waals surface area contributed by atoms with Gasteiger partial charge >= 0.3 is 7.12 Å². The molecular weight excluding hydrogens is 243 g/mol. The van der Waals surface area contributed by atoms with E-state index in [9.17, 15) is 5.02 Å². The molecule has 1 aliphatic carbocycles. The molecule has 6 heteroatoms. The first-order valence-corrected chi connectivity index (χ1v) is 6.56. The average molecular weight is 258 g/mol. The lowest BCUT2D eigenvalue weighted by Crippen LogP contribution is -2.20. The highest BCUT2D eigenvalue weighted by molar-refractivity contribution is 6.47. The topological polar surface area (TPSA) is 74.8 Å². The van der Waals surface area contributed by atoms with Gasteiger partial charge in [-0.1, -0.05) is 0 Å². The van der Waals surface area contributed by atoms with E-state index in [0.717, 1.165) is 30.6 Å². The number of aliphatic imine (C=N–C) groups is 1. The molecule has 0 saturated carbocycles. The zero-order valence-electron chi connectivity index (χ0n) is 10.5. The van der Waals surface area contributed by atoms with Crippen molar-refractivity contribution in [2.45, 2.75) is 31.3 Å². The predicted molar refractivity (Wildman–Crippen MR) is 70.2 cm³/mol. The first-order valence-electron chi connectivity index (χ1n) is 6.56. The Bertz CT molecular complexity index is 495. The number of hydrogen-bond acceptors (Lipinski definition) is 5. The quantitative estimate of drug-likeness (QED) is 0.760. The summed E-state index contributed by atoms with van der Waals surface area (Å²) in [5.41, 5.74) is 1.08. The van der Waals surface area contributed by atoms with Crippen LogP contribution in [0.15, 0.2) is 28.5 Å².